The maximum absolute atomic E-state index is 10.8. The van der Waals surface area contributed by atoms with Crippen LogP contribution in [0, 0.1) is 5.92 Å². The zero-order valence-electron chi connectivity index (χ0n) is 14.0. The minimum Gasteiger partial charge on any atom is -0.462 e. The highest BCUT2D eigenvalue weighted by Gasteiger charge is 2.07. The SMILES string of the molecule is C=CC(=O)OCC(C)O.C=CC(=O)OCC(CC)CCCC. The van der Waals surface area contributed by atoms with Crippen molar-refractivity contribution in [3.63, 3.8) is 0 Å². The molecule has 0 aliphatic carbocycles. The Kier molecular flexibility index (Phi) is 16.2. The lowest BCUT2D eigenvalue weighted by Crippen LogP contribution is -2.13. The average molecular weight is 314 g/mol. The fraction of sp³-hybridized carbons (Fsp3) is 0.647. The van der Waals surface area contributed by atoms with Crippen molar-refractivity contribution < 1.29 is 24.2 Å². The first-order valence-corrected chi connectivity index (χ1v) is 7.67. The molecule has 0 aromatic heterocycles. The van der Waals surface area contributed by atoms with E-state index in [-0.39, 0.29) is 12.6 Å². The number of ether oxygens (including phenoxy) is 2. The number of carbonyl (C=O) groups excluding carboxylic acids is 2. The van der Waals surface area contributed by atoms with Crippen LogP contribution in [0.1, 0.15) is 46.5 Å². The Morgan fingerprint density at radius 2 is 1.59 bits per heavy atom. The molecule has 0 aromatic rings. The molecule has 0 aromatic carbocycles. The van der Waals surface area contributed by atoms with E-state index in [0.29, 0.717) is 12.5 Å². The Bertz CT molecular complexity index is 323. The third kappa shape index (κ3) is 16.4. The predicted octanol–water partition coefficient (Wildman–Crippen LogP) is 3.03. The first-order valence-electron chi connectivity index (χ1n) is 7.67. The summed E-state index contributed by atoms with van der Waals surface area (Å²) in [4.78, 5) is 21.0. The van der Waals surface area contributed by atoms with Crippen molar-refractivity contribution in [2.45, 2.75) is 52.6 Å². The Morgan fingerprint density at radius 1 is 1.09 bits per heavy atom. The lowest BCUT2D eigenvalue weighted by Gasteiger charge is -2.13. The van der Waals surface area contributed by atoms with Gasteiger partial charge in [-0.25, -0.2) is 9.59 Å². The summed E-state index contributed by atoms with van der Waals surface area (Å²) in [7, 11) is 0. The van der Waals surface area contributed by atoms with Gasteiger partial charge in [-0.2, -0.15) is 0 Å². The van der Waals surface area contributed by atoms with Gasteiger partial charge < -0.3 is 14.6 Å². The number of carbonyl (C=O) groups is 2. The number of rotatable bonds is 10. The Hall–Kier alpha value is -1.62. The normalized spacial score (nSPS) is 12.2. The van der Waals surface area contributed by atoms with Crippen LogP contribution < -0.4 is 0 Å². The number of hydrogen-bond donors (Lipinski definition) is 1. The summed E-state index contributed by atoms with van der Waals surface area (Å²) in [5, 5.41) is 8.59. The van der Waals surface area contributed by atoms with Crippen LogP contribution in [-0.4, -0.2) is 36.4 Å². The number of aliphatic hydroxyl groups is 1. The molecule has 5 nitrogen and oxygen atoms in total. The summed E-state index contributed by atoms with van der Waals surface area (Å²) in [6.45, 7) is 12.9. The van der Waals surface area contributed by atoms with E-state index in [4.69, 9.17) is 9.84 Å². The molecule has 0 heterocycles. The molecule has 0 spiro atoms. The lowest BCUT2D eigenvalue weighted by atomic mass is 10.0. The first kappa shape index (κ1) is 22.7. The van der Waals surface area contributed by atoms with Gasteiger partial charge in [0.1, 0.15) is 6.61 Å². The largest absolute Gasteiger partial charge is 0.462 e. The second-order valence-corrected chi connectivity index (χ2v) is 4.93. The van der Waals surface area contributed by atoms with Crippen LogP contribution in [0.4, 0.5) is 0 Å². The van der Waals surface area contributed by atoms with Crippen LogP contribution in [0.2, 0.25) is 0 Å². The summed E-state index contributed by atoms with van der Waals surface area (Å²) in [6, 6.07) is 0. The zero-order chi connectivity index (χ0) is 17.4. The molecule has 22 heavy (non-hydrogen) atoms. The van der Waals surface area contributed by atoms with Crippen molar-refractivity contribution in [2.24, 2.45) is 5.92 Å². The quantitative estimate of drug-likeness (QED) is 0.495. The van der Waals surface area contributed by atoms with Gasteiger partial charge in [0.05, 0.1) is 12.7 Å². The number of unbranched alkanes of at least 4 members (excludes halogenated alkanes) is 1. The molecule has 2 unspecified atom stereocenters. The van der Waals surface area contributed by atoms with E-state index in [0.717, 1.165) is 18.9 Å². The van der Waals surface area contributed by atoms with E-state index in [9.17, 15) is 9.59 Å². The molecule has 2 atom stereocenters. The van der Waals surface area contributed by atoms with Crippen LogP contribution in [0.5, 0.6) is 0 Å². The summed E-state index contributed by atoms with van der Waals surface area (Å²) >= 11 is 0. The molecule has 0 amide bonds. The summed E-state index contributed by atoms with van der Waals surface area (Å²) < 4.78 is 9.43. The second-order valence-electron chi connectivity index (χ2n) is 4.93. The minimum atomic E-state index is -0.603. The van der Waals surface area contributed by atoms with Crippen molar-refractivity contribution >= 4 is 11.9 Å². The molecule has 0 rings (SSSR count). The highest BCUT2D eigenvalue weighted by Crippen LogP contribution is 2.12. The van der Waals surface area contributed by atoms with Crippen molar-refractivity contribution in [1.29, 1.82) is 0 Å². The van der Waals surface area contributed by atoms with Crippen molar-refractivity contribution in [1.82, 2.24) is 0 Å². The van der Waals surface area contributed by atoms with Crippen LogP contribution in [-0.2, 0) is 19.1 Å². The van der Waals surface area contributed by atoms with Crippen molar-refractivity contribution in [3.05, 3.63) is 25.3 Å². The fourth-order valence-electron chi connectivity index (χ4n) is 1.42. The third-order valence-electron chi connectivity index (χ3n) is 2.80. The molecule has 0 aliphatic heterocycles. The van der Waals surface area contributed by atoms with Crippen molar-refractivity contribution in [2.75, 3.05) is 13.2 Å². The lowest BCUT2D eigenvalue weighted by molar-refractivity contribution is -0.140. The first-order chi connectivity index (χ1) is 10.4. The van der Waals surface area contributed by atoms with Crippen LogP contribution in [0.15, 0.2) is 25.3 Å². The van der Waals surface area contributed by atoms with E-state index in [1.54, 1.807) is 0 Å². The van der Waals surface area contributed by atoms with E-state index in [1.165, 1.54) is 25.8 Å². The maximum Gasteiger partial charge on any atom is 0.330 e. The number of aliphatic hydroxyl groups excluding tert-OH is 1. The Labute approximate surface area is 134 Å². The van der Waals surface area contributed by atoms with E-state index in [1.807, 2.05) is 0 Å². The summed E-state index contributed by atoms with van der Waals surface area (Å²) in [5.41, 5.74) is 0. The van der Waals surface area contributed by atoms with Gasteiger partial charge in [0, 0.05) is 12.2 Å². The molecule has 0 saturated carbocycles. The van der Waals surface area contributed by atoms with Gasteiger partial charge >= 0.3 is 11.9 Å². The van der Waals surface area contributed by atoms with Gasteiger partial charge in [-0.05, 0) is 19.3 Å². The second kappa shape index (κ2) is 15.8. The molecule has 0 fully saturated rings. The molecule has 0 bridgehead atoms. The standard InChI is InChI=1S/C11H20O2.C6H10O3/c1-4-7-8-10(5-2)9-13-11(12)6-3;1-3-6(8)9-4-5(2)7/h6,10H,3-5,7-9H2,1-2H3;3,5,7H,1,4H2,2H3. The third-order valence-corrected chi connectivity index (χ3v) is 2.80. The molecule has 0 aliphatic rings. The molecule has 0 saturated heterocycles. The average Bonchev–Trinajstić information content (AvgIpc) is 2.52. The van der Waals surface area contributed by atoms with Gasteiger partial charge in [0.25, 0.3) is 0 Å². The highest BCUT2D eigenvalue weighted by molar-refractivity contribution is 5.81. The molecule has 0 radical (unpaired) electrons. The minimum absolute atomic E-state index is 0.0326. The molecule has 128 valence electrons. The molecule has 1 N–H and O–H groups in total. The van der Waals surface area contributed by atoms with Gasteiger partial charge in [0.15, 0.2) is 0 Å². The highest BCUT2D eigenvalue weighted by atomic mass is 16.5. The monoisotopic (exact) mass is 314 g/mol. The zero-order valence-corrected chi connectivity index (χ0v) is 14.0. The van der Waals surface area contributed by atoms with Crippen LogP contribution in [0.3, 0.4) is 0 Å². The van der Waals surface area contributed by atoms with E-state index >= 15 is 0 Å². The van der Waals surface area contributed by atoms with Crippen molar-refractivity contribution in [3.8, 4) is 0 Å². The van der Waals surface area contributed by atoms with Gasteiger partial charge in [-0.15, -0.1) is 0 Å². The molecule has 5 heteroatoms. The smallest absolute Gasteiger partial charge is 0.330 e. The summed E-state index contributed by atoms with van der Waals surface area (Å²) in [5.74, 6) is -0.297. The van der Waals surface area contributed by atoms with Gasteiger partial charge in [-0.1, -0.05) is 46.3 Å². The number of hydrogen-bond acceptors (Lipinski definition) is 5. The van der Waals surface area contributed by atoms with E-state index in [2.05, 4.69) is 31.7 Å². The van der Waals surface area contributed by atoms with Gasteiger partial charge in [0.2, 0.25) is 0 Å². The predicted molar refractivity (Wildman–Crippen MR) is 87.3 cm³/mol. The Balaban J connectivity index is 0. The topological polar surface area (TPSA) is 72.8 Å². The Morgan fingerprint density at radius 3 is 1.95 bits per heavy atom. The maximum atomic E-state index is 10.8. The van der Waals surface area contributed by atoms with Gasteiger partial charge in [-0.3, -0.25) is 0 Å². The summed E-state index contributed by atoms with van der Waals surface area (Å²) in [6.07, 6.45) is 6.31. The molecular formula is C17H30O5. The number of esters is 2. The van der Waals surface area contributed by atoms with Crippen LogP contribution >= 0.6 is 0 Å². The molecular weight excluding hydrogens is 284 g/mol. The van der Waals surface area contributed by atoms with Crippen LogP contribution in [0.25, 0.3) is 0 Å². The fourth-order valence-corrected chi connectivity index (χ4v) is 1.42. The van der Waals surface area contributed by atoms with E-state index < -0.39 is 12.1 Å².